The number of hydrogen-bond acceptors (Lipinski definition) is 8. The topological polar surface area (TPSA) is 149 Å². The van der Waals surface area contributed by atoms with Crippen LogP contribution in [-0.4, -0.2) is 67.2 Å². The minimum absolute atomic E-state index is 0.178. The maximum atomic E-state index is 15.8. The Morgan fingerprint density at radius 1 is 0.657 bits per heavy atom. The Bertz CT molecular complexity index is 1230. The Hall–Kier alpha value is -3.89. The Labute approximate surface area is 198 Å². The van der Waals surface area contributed by atoms with Crippen LogP contribution in [0.4, 0.5) is 4.39 Å². The van der Waals surface area contributed by atoms with Gasteiger partial charge in [-0.3, -0.25) is 19.2 Å². The summed E-state index contributed by atoms with van der Waals surface area (Å²) in [4.78, 5) is 51.2. The Kier molecular flexibility index (Phi) is 7.47. The molecule has 0 radical (unpaired) electrons. The second-order valence-corrected chi connectivity index (χ2v) is 7.73. The monoisotopic (exact) mass is 480 g/mol. The summed E-state index contributed by atoms with van der Waals surface area (Å²) in [6.45, 7) is 0. The van der Waals surface area contributed by atoms with Crippen molar-refractivity contribution in [2.75, 3.05) is 0 Å². The summed E-state index contributed by atoms with van der Waals surface area (Å²) in [6.07, 6.45) is -5.73. The standard InChI is InChI=1S/C26H21FO8/c27-26(35,24(33)20(29)17-12-6-2-7-13-17)25(34,22(31)18-14-8-3-9-15-18)23(32)21(30)19(28)16-10-4-1-5-11-16/h1-15,21,23,30,32,34-35H/t21?,23-,25-,26-/m1/s1. The molecule has 0 fully saturated rings. The van der Waals surface area contributed by atoms with Crippen molar-refractivity contribution in [3.05, 3.63) is 108 Å². The summed E-state index contributed by atoms with van der Waals surface area (Å²) in [5, 5.41) is 42.9. The van der Waals surface area contributed by atoms with Crippen molar-refractivity contribution in [1.82, 2.24) is 0 Å². The summed E-state index contributed by atoms with van der Waals surface area (Å²) in [6, 6.07) is 19.5. The van der Waals surface area contributed by atoms with Gasteiger partial charge in [-0.15, -0.1) is 0 Å². The van der Waals surface area contributed by atoms with Gasteiger partial charge in [0.05, 0.1) is 0 Å². The summed E-state index contributed by atoms with van der Waals surface area (Å²) < 4.78 is 15.8. The smallest absolute Gasteiger partial charge is 0.313 e. The van der Waals surface area contributed by atoms with Crippen molar-refractivity contribution in [1.29, 1.82) is 0 Å². The van der Waals surface area contributed by atoms with E-state index >= 15 is 4.39 Å². The summed E-state index contributed by atoms with van der Waals surface area (Å²) in [5.41, 5.74) is -5.19. The average molecular weight is 480 g/mol. The highest BCUT2D eigenvalue weighted by Gasteiger charge is 2.68. The van der Waals surface area contributed by atoms with E-state index in [9.17, 15) is 39.6 Å². The Balaban J connectivity index is 2.10. The average Bonchev–Trinajstić information content (AvgIpc) is 2.91. The third-order valence-electron chi connectivity index (χ3n) is 5.48. The lowest BCUT2D eigenvalue weighted by Crippen LogP contribution is -2.71. The Morgan fingerprint density at radius 2 is 1.06 bits per heavy atom. The Morgan fingerprint density at radius 3 is 1.51 bits per heavy atom. The number of carbonyl (C=O) groups is 4. The predicted octanol–water partition coefficient (Wildman–Crippen LogP) is 1.32. The molecule has 0 aliphatic heterocycles. The lowest BCUT2D eigenvalue weighted by atomic mass is 9.75. The minimum Gasteiger partial charge on any atom is -0.386 e. The normalized spacial score (nSPS) is 16.3. The molecule has 0 aliphatic carbocycles. The highest BCUT2D eigenvalue weighted by molar-refractivity contribution is 6.46. The highest BCUT2D eigenvalue weighted by Crippen LogP contribution is 2.35. The molecule has 35 heavy (non-hydrogen) atoms. The number of hydrogen-bond donors (Lipinski definition) is 4. The van der Waals surface area contributed by atoms with E-state index in [0.29, 0.717) is 0 Å². The van der Waals surface area contributed by atoms with Crippen molar-refractivity contribution in [2.24, 2.45) is 0 Å². The highest BCUT2D eigenvalue weighted by atomic mass is 19.2. The minimum atomic E-state index is -4.75. The molecule has 0 heterocycles. The summed E-state index contributed by atoms with van der Waals surface area (Å²) in [7, 11) is 0. The lowest BCUT2D eigenvalue weighted by molar-refractivity contribution is -0.235. The van der Waals surface area contributed by atoms with E-state index < -0.39 is 52.4 Å². The first-order valence-corrected chi connectivity index (χ1v) is 10.4. The van der Waals surface area contributed by atoms with E-state index in [2.05, 4.69) is 0 Å². The number of alkyl halides is 1. The van der Waals surface area contributed by atoms with E-state index in [1.165, 1.54) is 60.7 Å². The van der Waals surface area contributed by atoms with Gasteiger partial charge in [0.2, 0.25) is 17.2 Å². The quantitative estimate of drug-likeness (QED) is 0.251. The van der Waals surface area contributed by atoms with Gasteiger partial charge in [0, 0.05) is 16.7 Å². The van der Waals surface area contributed by atoms with Crippen LogP contribution in [0.3, 0.4) is 0 Å². The van der Waals surface area contributed by atoms with Crippen LogP contribution in [0.25, 0.3) is 0 Å². The molecule has 9 heteroatoms. The van der Waals surface area contributed by atoms with Gasteiger partial charge in [0.25, 0.3) is 5.78 Å². The van der Waals surface area contributed by atoms with Crippen LogP contribution in [0.5, 0.6) is 0 Å². The molecule has 0 spiro atoms. The molecule has 4 N–H and O–H groups in total. The number of ketones is 4. The zero-order valence-electron chi connectivity index (χ0n) is 18.1. The van der Waals surface area contributed by atoms with E-state index in [0.717, 1.165) is 24.3 Å². The van der Waals surface area contributed by atoms with Crippen LogP contribution in [0.2, 0.25) is 0 Å². The van der Waals surface area contributed by atoms with Gasteiger partial charge in [-0.05, 0) is 0 Å². The second-order valence-electron chi connectivity index (χ2n) is 7.73. The lowest BCUT2D eigenvalue weighted by Gasteiger charge is -2.39. The molecular formula is C26H21FO8. The maximum Gasteiger partial charge on any atom is 0.313 e. The van der Waals surface area contributed by atoms with Crippen LogP contribution in [0.1, 0.15) is 31.1 Å². The van der Waals surface area contributed by atoms with Gasteiger partial charge in [-0.25, -0.2) is 0 Å². The van der Waals surface area contributed by atoms with Crippen molar-refractivity contribution < 1.29 is 44.0 Å². The van der Waals surface area contributed by atoms with Gasteiger partial charge in [0.15, 0.2) is 5.78 Å². The zero-order valence-corrected chi connectivity index (χ0v) is 18.1. The van der Waals surface area contributed by atoms with Crippen LogP contribution >= 0.6 is 0 Å². The molecule has 3 rings (SSSR count). The van der Waals surface area contributed by atoms with Gasteiger partial charge in [0.1, 0.15) is 12.2 Å². The number of halogens is 1. The number of carbonyl (C=O) groups excluding carboxylic acids is 4. The SMILES string of the molecule is O=C(C(=O)[C@](O)(F)[C@@](O)(C(=O)c1ccccc1)[C@H](O)C(O)C(=O)c1ccccc1)c1ccccc1. The fraction of sp³-hybridized carbons (Fsp3) is 0.154. The van der Waals surface area contributed by atoms with Gasteiger partial charge < -0.3 is 20.4 Å². The molecular weight excluding hydrogens is 459 g/mol. The van der Waals surface area contributed by atoms with Crippen LogP contribution in [-0.2, 0) is 4.79 Å². The molecule has 3 aromatic carbocycles. The molecule has 0 saturated heterocycles. The van der Waals surface area contributed by atoms with Gasteiger partial charge >= 0.3 is 5.85 Å². The molecule has 3 aromatic rings. The summed E-state index contributed by atoms with van der Waals surface area (Å²) >= 11 is 0. The largest absolute Gasteiger partial charge is 0.386 e. The number of rotatable bonds is 10. The van der Waals surface area contributed by atoms with Crippen LogP contribution in [0.15, 0.2) is 91.0 Å². The number of aliphatic hydroxyl groups is 4. The maximum absolute atomic E-state index is 15.8. The molecule has 1 unspecified atom stereocenters. The molecule has 8 nitrogen and oxygen atoms in total. The van der Waals surface area contributed by atoms with Crippen molar-refractivity contribution in [3.63, 3.8) is 0 Å². The van der Waals surface area contributed by atoms with E-state index in [1.807, 2.05) is 0 Å². The van der Waals surface area contributed by atoms with Crippen molar-refractivity contribution in [2.45, 2.75) is 23.7 Å². The molecule has 0 aromatic heterocycles. The van der Waals surface area contributed by atoms with Gasteiger partial charge in [-0.1, -0.05) is 91.0 Å². The molecule has 0 aliphatic rings. The first-order valence-electron chi connectivity index (χ1n) is 10.4. The first-order chi connectivity index (χ1) is 16.5. The first kappa shape index (κ1) is 25.7. The molecule has 4 atom stereocenters. The molecule has 0 amide bonds. The fourth-order valence-electron chi connectivity index (χ4n) is 3.48. The van der Waals surface area contributed by atoms with Crippen molar-refractivity contribution in [3.8, 4) is 0 Å². The fourth-order valence-corrected chi connectivity index (χ4v) is 3.48. The number of Topliss-reactive ketones (excluding diaryl/α,β-unsaturated/α-hetero) is 4. The van der Waals surface area contributed by atoms with E-state index in [1.54, 1.807) is 6.07 Å². The second kappa shape index (κ2) is 10.2. The third-order valence-corrected chi connectivity index (χ3v) is 5.48. The molecule has 180 valence electrons. The predicted molar refractivity (Wildman–Crippen MR) is 120 cm³/mol. The van der Waals surface area contributed by atoms with E-state index in [4.69, 9.17) is 0 Å². The molecule has 0 saturated carbocycles. The molecule has 0 bridgehead atoms. The third kappa shape index (κ3) is 4.71. The summed E-state index contributed by atoms with van der Waals surface area (Å²) in [5.74, 6) is -11.6. The van der Waals surface area contributed by atoms with Crippen LogP contribution < -0.4 is 0 Å². The van der Waals surface area contributed by atoms with Crippen LogP contribution in [0, 0.1) is 0 Å². The van der Waals surface area contributed by atoms with Gasteiger partial charge in [-0.2, -0.15) is 4.39 Å². The number of benzene rings is 3. The van der Waals surface area contributed by atoms with Crippen molar-refractivity contribution >= 4 is 23.1 Å². The zero-order chi connectivity index (χ0) is 25.8. The number of aliphatic hydroxyl groups excluding tert-OH is 2. The van der Waals surface area contributed by atoms with E-state index in [-0.39, 0.29) is 11.1 Å².